The van der Waals surface area contributed by atoms with Crippen LogP contribution in [0.3, 0.4) is 0 Å². The van der Waals surface area contributed by atoms with Gasteiger partial charge in [-0.05, 0) is 79.7 Å². The van der Waals surface area contributed by atoms with Crippen LogP contribution in [0.15, 0.2) is 36.0 Å². The Morgan fingerprint density at radius 3 is 2.13 bits per heavy atom. The molecule has 1 saturated heterocycles. The highest BCUT2D eigenvalue weighted by atomic mass is 15.2. The molecule has 23 heavy (non-hydrogen) atoms. The standard InChI is InChI=1S/C12H26N2.C9H14/c1-11(2)5-8-14-9-6-12(7-10-14)13(3)4;1-5-9(4)7-6-8(2)3/h11-12H,5-10H2,1-4H3;5-7H,2H2,1,3-4H3/b;7-6-,9-5-. The van der Waals surface area contributed by atoms with Crippen LogP contribution < -0.4 is 0 Å². The fourth-order valence-electron chi connectivity index (χ4n) is 2.47. The lowest BCUT2D eigenvalue weighted by Crippen LogP contribution is -2.42. The number of piperidine rings is 1. The molecule has 1 aliphatic heterocycles. The van der Waals surface area contributed by atoms with Crippen molar-refractivity contribution in [1.82, 2.24) is 9.80 Å². The van der Waals surface area contributed by atoms with E-state index in [1.165, 1.54) is 44.5 Å². The van der Waals surface area contributed by atoms with E-state index in [1.54, 1.807) is 0 Å². The number of rotatable bonds is 6. The predicted octanol–water partition coefficient (Wildman–Crippen LogP) is 5.14. The van der Waals surface area contributed by atoms with Crippen molar-refractivity contribution < 1.29 is 0 Å². The second-order valence-corrected chi connectivity index (χ2v) is 7.43. The molecule has 0 atom stereocenters. The lowest BCUT2D eigenvalue weighted by molar-refractivity contribution is 0.140. The van der Waals surface area contributed by atoms with Crippen LogP contribution in [0.25, 0.3) is 0 Å². The van der Waals surface area contributed by atoms with Crippen molar-refractivity contribution in [2.75, 3.05) is 33.7 Å². The van der Waals surface area contributed by atoms with Gasteiger partial charge in [-0.2, -0.15) is 0 Å². The normalized spacial score (nSPS) is 17.7. The molecule has 0 radical (unpaired) electrons. The molecule has 2 nitrogen and oxygen atoms in total. The number of hydrogen-bond donors (Lipinski definition) is 0. The summed E-state index contributed by atoms with van der Waals surface area (Å²) in [6.07, 6.45) is 10.2. The topological polar surface area (TPSA) is 6.48 Å². The molecule has 0 N–H and O–H groups in total. The quantitative estimate of drug-likeness (QED) is 0.625. The van der Waals surface area contributed by atoms with Gasteiger partial charge in [0.1, 0.15) is 0 Å². The van der Waals surface area contributed by atoms with Crippen molar-refractivity contribution in [1.29, 1.82) is 0 Å². The molecule has 1 rings (SSSR count). The fourth-order valence-corrected chi connectivity index (χ4v) is 2.47. The molecule has 0 aromatic heterocycles. The highest BCUT2D eigenvalue weighted by Crippen LogP contribution is 2.15. The molecular formula is C21H40N2. The predicted molar refractivity (Wildman–Crippen MR) is 106 cm³/mol. The molecule has 1 fully saturated rings. The Labute approximate surface area is 145 Å². The van der Waals surface area contributed by atoms with Crippen molar-refractivity contribution in [3.05, 3.63) is 36.0 Å². The maximum absolute atomic E-state index is 3.75. The third kappa shape index (κ3) is 12.3. The van der Waals surface area contributed by atoms with Crippen LogP contribution in [0.1, 0.15) is 53.9 Å². The highest BCUT2D eigenvalue weighted by molar-refractivity contribution is 5.22. The Kier molecular flexibility index (Phi) is 12.1. The van der Waals surface area contributed by atoms with Crippen molar-refractivity contribution in [3.8, 4) is 0 Å². The summed E-state index contributed by atoms with van der Waals surface area (Å²) in [6, 6.07) is 0.824. The second-order valence-electron chi connectivity index (χ2n) is 7.43. The van der Waals surface area contributed by atoms with E-state index >= 15 is 0 Å². The van der Waals surface area contributed by atoms with Crippen molar-refractivity contribution in [2.45, 2.75) is 59.9 Å². The van der Waals surface area contributed by atoms with Gasteiger partial charge < -0.3 is 9.80 Å². The number of hydrogen-bond acceptors (Lipinski definition) is 2. The van der Waals surface area contributed by atoms with Crippen LogP contribution in [0.5, 0.6) is 0 Å². The summed E-state index contributed by atoms with van der Waals surface area (Å²) >= 11 is 0. The maximum atomic E-state index is 3.75. The van der Waals surface area contributed by atoms with Gasteiger partial charge in [-0.3, -0.25) is 0 Å². The zero-order valence-electron chi connectivity index (χ0n) is 16.7. The summed E-state index contributed by atoms with van der Waals surface area (Å²) in [5.41, 5.74) is 2.37. The smallest absolute Gasteiger partial charge is 0.0113 e. The summed E-state index contributed by atoms with van der Waals surface area (Å²) in [5, 5.41) is 0. The molecule has 1 aliphatic rings. The number of likely N-dealkylation sites (tertiary alicyclic amines) is 1. The lowest BCUT2D eigenvalue weighted by Gasteiger charge is -2.35. The molecule has 134 valence electrons. The minimum atomic E-state index is 0.824. The average molecular weight is 321 g/mol. The van der Waals surface area contributed by atoms with Gasteiger partial charge in [0.25, 0.3) is 0 Å². The largest absolute Gasteiger partial charge is 0.306 e. The number of nitrogens with zero attached hydrogens (tertiary/aromatic N) is 2. The molecule has 1 heterocycles. The number of allylic oxidation sites excluding steroid dienone is 5. The van der Waals surface area contributed by atoms with Crippen LogP contribution in [-0.4, -0.2) is 49.6 Å². The van der Waals surface area contributed by atoms with Crippen LogP contribution in [0.4, 0.5) is 0 Å². The van der Waals surface area contributed by atoms with Gasteiger partial charge in [-0.15, -0.1) is 0 Å². The van der Waals surface area contributed by atoms with Crippen LogP contribution >= 0.6 is 0 Å². The van der Waals surface area contributed by atoms with Gasteiger partial charge in [-0.25, -0.2) is 0 Å². The first-order valence-corrected chi connectivity index (χ1v) is 9.11. The molecule has 2 heteroatoms. The Balaban J connectivity index is 0.000000468. The van der Waals surface area contributed by atoms with E-state index in [1.807, 2.05) is 19.9 Å². The fraction of sp³-hybridized carbons (Fsp3) is 0.714. The minimum absolute atomic E-state index is 0.824. The van der Waals surface area contributed by atoms with Gasteiger partial charge in [0.05, 0.1) is 0 Å². The summed E-state index contributed by atoms with van der Waals surface area (Å²) in [5.74, 6) is 0.849. The van der Waals surface area contributed by atoms with Gasteiger partial charge in [0.2, 0.25) is 0 Å². The van der Waals surface area contributed by atoms with Gasteiger partial charge in [0, 0.05) is 6.04 Å². The summed E-state index contributed by atoms with van der Waals surface area (Å²) < 4.78 is 0. The van der Waals surface area contributed by atoms with E-state index < -0.39 is 0 Å². The summed E-state index contributed by atoms with van der Waals surface area (Å²) in [4.78, 5) is 5.00. The van der Waals surface area contributed by atoms with E-state index in [2.05, 4.69) is 63.4 Å². The van der Waals surface area contributed by atoms with Crippen LogP contribution in [0, 0.1) is 5.92 Å². The molecular weight excluding hydrogens is 280 g/mol. The Morgan fingerprint density at radius 1 is 1.17 bits per heavy atom. The van der Waals surface area contributed by atoms with Crippen LogP contribution in [0.2, 0.25) is 0 Å². The van der Waals surface area contributed by atoms with Gasteiger partial charge >= 0.3 is 0 Å². The lowest BCUT2D eigenvalue weighted by atomic mass is 10.0. The van der Waals surface area contributed by atoms with Crippen molar-refractivity contribution in [3.63, 3.8) is 0 Å². The van der Waals surface area contributed by atoms with Gasteiger partial charge in [0.15, 0.2) is 0 Å². The summed E-state index contributed by atoms with van der Waals surface area (Å²) in [7, 11) is 4.41. The SMILES string of the molecule is C=C(C)/C=C\C(C)=C/C.CC(C)CCN1CCC(N(C)C)CC1. The zero-order chi connectivity index (χ0) is 17.8. The van der Waals surface area contributed by atoms with E-state index in [9.17, 15) is 0 Å². The van der Waals surface area contributed by atoms with E-state index in [0.717, 1.165) is 17.5 Å². The molecule has 0 aromatic carbocycles. The first kappa shape index (κ1) is 22.1. The molecule has 0 unspecified atom stereocenters. The van der Waals surface area contributed by atoms with Crippen LogP contribution in [-0.2, 0) is 0 Å². The molecule has 0 saturated carbocycles. The minimum Gasteiger partial charge on any atom is -0.306 e. The first-order valence-electron chi connectivity index (χ1n) is 9.11. The molecule has 0 amide bonds. The maximum Gasteiger partial charge on any atom is 0.0113 e. The average Bonchev–Trinajstić information content (AvgIpc) is 2.51. The van der Waals surface area contributed by atoms with E-state index in [4.69, 9.17) is 0 Å². The third-order valence-electron chi connectivity index (χ3n) is 4.40. The van der Waals surface area contributed by atoms with E-state index in [0.29, 0.717) is 0 Å². The Bertz CT molecular complexity index is 369. The van der Waals surface area contributed by atoms with Gasteiger partial charge in [-0.1, -0.05) is 49.8 Å². The third-order valence-corrected chi connectivity index (χ3v) is 4.40. The first-order chi connectivity index (χ1) is 10.8. The second kappa shape index (κ2) is 12.5. The zero-order valence-corrected chi connectivity index (χ0v) is 16.7. The highest BCUT2D eigenvalue weighted by Gasteiger charge is 2.19. The Morgan fingerprint density at radius 2 is 1.74 bits per heavy atom. The monoisotopic (exact) mass is 320 g/mol. The molecule has 0 aromatic rings. The Hall–Kier alpha value is -0.860. The molecule has 0 aliphatic carbocycles. The molecule has 0 bridgehead atoms. The molecule has 0 spiro atoms. The van der Waals surface area contributed by atoms with Crippen molar-refractivity contribution >= 4 is 0 Å². The van der Waals surface area contributed by atoms with E-state index in [-0.39, 0.29) is 0 Å². The summed E-state index contributed by atoms with van der Waals surface area (Å²) in [6.45, 7) is 18.4. The van der Waals surface area contributed by atoms with Crippen molar-refractivity contribution in [2.24, 2.45) is 5.92 Å².